The first-order chi connectivity index (χ1) is 9.95. The van der Waals surface area contributed by atoms with Crippen molar-refractivity contribution in [2.24, 2.45) is 34.5 Å². The van der Waals surface area contributed by atoms with Crippen LogP contribution in [0.3, 0.4) is 0 Å². The van der Waals surface area contributed by atoms with E-state index >= 15 is 0 Å². The van der Waals surface area contributed by atoms with Gasteiger partial charge in [0.1, 0.15) is 5.78 Å². The molecule has 2 heteroatoms. The second-order valence-corrected chi connectivity index (χ2v) is 9.04. The Morgan fingerprint density at radius 1 is 0.952 bits per heavy atom. The monoisotopic (exact) mass is 290 g/mol. The van der Waals surface area contributed by atoms with Gasteiger partial charge in [0.25, 0.3) is 0 Å². The molecule has 2 nitrogen and oxygen atoms in total. The molecule has 0 radical (unpaired) electrons. The first-order valence-corrected chi connectivity index (χ1v) is 9.15. The fourth-order valence-electron chi connectivity index (χ4n) is 7.02. The van der Waals surface area contributed by atoms with Gasteiger partial charge < -0.3 is 5.11 Å². The highest BCUT2D eigenvalue weighted by molar-refractivity contribution is 5.79. The lowest BCUT2D eigenvalue weighted by atomic mass is 9.45. The molecule has 0 bridgehead atoms. The third-order valence-corrected chi connectivity index (χ3v) is 8.43. The maximum absolute atomic E-state index is 11.9. The van der Waals surface area contributed by atoms with Crippen LogP contribution in [0.25, 0.3) is 0 Å². The summed E-state index contributed by atoms with van der Waals surface area (Å²) >= 11 is 0. The summed E-state index contributed by atoms with van der Waals surface area (Å²) < 4.78 is 0. The van der Waals surface area contributed by atoms with Crippen LogP contribution in [-0.4, -0.2) is 17.0 Å². The lowest BCUT2D eigenvalue weighted by Gasteiger charge is -2.60. The van der Waals surface area contributed by atoms with Crippen LogP contribution in [0.1, 0.15) is 71.6 Å². The van der Waals surface area contributed by atoms with E-state index in [9.17, 15) is 9.90 Å². The summed E-state index contributed by atoms with van der Waals surface area (Å²) in [5.74, 6) is 3.52. The topological polar surface area (TPSA) is 37.3 Å². The molecule has 0 aromatic carbocycles. The van der Waals surface area contributed by atoms with E-state index in [1.165, 1.54) is 32.1 Å². The number of Topliss-reactive ketones (excluding diaryl/α,β-unsaturated/α-hetero) is 1. The van der Waals surface area contributed by atoms with Gasteiger partial charge in [-0.3, -0.25) is 4.79 Å². The second kappa shape index (κ2) is 4.57. The van der Waals surface area contributed by atoms with Gasteiger partial charge >= 0.3 is 0 Å². The summed E-state index contributed by atoms with van der Waals surface area (Å²) in [5, 5.41) is 10.5. The quantitative estimate of drug-likeness (QED) is 0.733. The Morgan fingerprint density at radius 3 is 2.52 bits per heavy atom. The van der Waals surface area contributed by atoms with Gasteiger partial charge in [-0.1, -0.05) is 13.8 Å². The Bertz CT molecular complexity index is 458. The van der Waals surface area contributed by atoms with Crippen molar-refractivity contribution >= 4 is 5.78 Å². The highest BCUT2D eigenvalue weighted by Crippen LogP contribution is 2.65. The van der Waals surface area contributed by atoms with Crippen LogP contribution in [0, 0.1) is 34.5 Å². The fourth-order valence-corrected chi connectivity index (χ4v) is 7.02. The molecule has 4 rings (SSSR count). The van der Waals surface area contributed by atoms with E-state index in [1.807, 2.05) is 0 Å². The summed E-state index contributed by atoms with van der Waals surface area (Å²) in [6.07, 6.45) is 10.0. The number of aliphatic hydroxyl groups is 1. The molecule has 0 amide bonds. The smallest absolute Gasteiger partial charge is 0.133 e. The Labute approximate surface area is 128 Å². The van der Waals surface area contributed by atoms with Gasteiger partial charge in [0, 0.05) is 12.8 Å². The molecule has 21 heavy (non-hydrogen) atoms. The molecule has 4 saturated carbocycles. The van der Waals surface area contributed by atoms with Crippen LogP contribution < -0.4 is 0 Å². The second-order valence-electron chi connectivity index (χ2n) is 9.04. The third kappa shape index (κ3) is 1.84. The van der Waals surface area contributed by atoms with Gasteiger partial charge in [0.2, 0.25) is 0 Å². The molecular weight excluding hydrogens is 260 g/mol. The van der Waals surface area contributed by atoms with Gasteiger partial charge in [0.15, 0.2) is 0 Å². The molecule has 0 aromatic heterocycles. The van der Waals surface area contributed by atoms with Crippen molar-refractivity contribution in [1.82, 2.24) is 0 Å². The first-order valence-electron chi connectivity index (χ1n) is 9.15. The van der Waals surface area contributed by atoms with Gasteiger partial charge in [-0.05, 0) is 79.4 Å². The molecular formula is C19H30O2. The Balaban J connectivity index is 1.64. The average molecular weight is 290 g/mol. The van der Waals surface area contributed by atoms with Crippen LogP contribution in [0.15, 0.2) is 0 Å². The zero-order valence-electron chi connectivity index (χ0n) is 13.6. The van der Waals surface area contributed by atoms with E-state index in [4.69, 9.17) is 0 Å². The number of aliphatic hydroxyl groups excluding tert-OH is 1. The van der Waals surface area contributed by atoms with Crippen molar-refractivity contribution in [1.29, 1.82) is 0 Å². The molecule has 1 N–H and O–H groups in total. The van der Waals surface area contributed by atoms with Gasteiger partial charge in [-0.25, -0.2) is 0 Å². The summed E-state index contributed by atoms with van der Waals surface area (Å²) in [4.78, 5) is 11.9. The van der Waals surface area contributed by atoms with Crippen molar-refractivity contribution in [2.75, 3.05) is 0 Å². The number of carbonyl (C=O) groups excluding carboxylic acids is 1. The third-order valence-electron chi connectivity index (χ3n) is 8.43. The predicted octanol–water partition coefficient (Wildman–Crippen LogP) is 3.96. The SMILES string of the molecule is C[C@]12CCC(=O)CC1CC[C@@H]1C2CC[C@@]2(C)C1CC[C@@H]2O. The maximum Gasteiger partial charge on any atom is 0.133 e. The van der Waals surface area contributed by atoms with E-state index in [-0.39, 0.29) is 11.5 Å². The standard InChI is InChI=1S/C19H30O2/c1-18-9-7-13(20)11-12(18)3-4-14-15-5-6-17(21)19(15,2)10-8-16(14)18/h12,14-17,21H,3-11H2,1-2H3/t12?,14-,15?,16?,17-,18-,19-/m0/s1. The van der Waals surface area contributed by atoms with Crippen molar-refractivity contribution < 1.29 is 9.90 Å². The molecule has 4 aliphatic rings. The Morgan fingerprint density at radius 2 is 1.71 bits per heavy atom. The van der Waals surface area contributed by atoms with Crippen LogP contribution in [0.2, 0.25) is 0 Å². The van der Waals surface area contributed by atoms with Gasteiger partial charge in [0.05, 0.1) is 6.10 Å². The summed E-state index contributed by atoms with van der Waals surface area (Å²) in [6.45, 7) is 4.85. The minimum absolute atomic E-state index is 0.0677. The van der Waals surface area contributed by atoms with Gasteiger partial charge in [-0.15, -0.1) is 0 Å². The highest BCUT2D eigenvalue weighted by Gasteiger charge is 2.59. The zero-order valence-corrected chi connectivity index (χ0v) is 13.6. The average Bonchev–Trinajstić information content (AvgIpc) is 2.76. The van der Waals surface area contributed by atoms with Crippen molar-refractivity contribution in [2.45, 2.75) is 77.7 Å². The van der Waals surface area contributed by atoms with Crippen molar-refractivity contribution in [3.63, 3.8) is 0 Å². The normalized spacial score (nSPS) is 56.5. The molecule has 0 saturated heterocycles. The van der Waals surface area contributed by atoms with Crippen LogP contribution in [-0.2, 0) is 4.79 Å². The molecule has 0 aliphatic heterocycles. The molecule has 0 spiro atoms. The maximum atomic E-state index is 11.9. The van der Waals surface area contributed by atoms with Crippen LogP contribution >= 0.6 is 0 Å². The van der Waals surface area contributed by atoms with E-state index in [1.54, 1.807) is 0 Å². The molecule has 7 atom stereocenters. The fraction of sp³-hybridized carbons (Fsp3) is 0.947. The van der Waals surface area contributed by atoms with Crippen molar-refractivity contribution in [3.05, 3.63) is 0 Å². The minimum Gasteiger partial charge on any atom is -0.393 e. The molecule has 0 heterocycles. The van der Waals surface area contributed by atoms with Crippen molar-refractivity contribution in [3.8, 4) is 0 Å². The van der Waals surface area contributed by atoms with E-state index in [0.29, 0.717) is 17.1 Å². The molecule has 118 valence electrons. The van der Waals surface area contributed by atoms with E-state index in [0.717, 1.165) is 43.4 Å². The van der Waals surface area contributed by atoms with Gasteiger partial charge in [-0.2, -0.15) is 0 Å². The summed E-state index contributed by atoms with van der Waals surface area (Å²) in [7, 11) is 0. The predicted molar refractivity (Wildman–Crippen MR) is 82.7 cm³/mol. The van der Waals surface area contributed by atoms with E-state index in [2.05, 4.69) is 13.8 Å². The molecule has 4 aliphatic carbocycles. The lowest BCUT2D eigenvalue weighted by Crippen LogP contribution is -2.54. The number of fused-ring (bicyclic) bond motifs is 5. The van der Waals surface area contributed by atoms with E-state index < -0.39 is 0 Å². The number of carbonyl (C=O) groups is 1. The largest absolute Gasteiger partial charge is 0.393 e. The Kier molecular flexibility index (Phi) is 3.10. The lowest BCUT2D eigenvalue weighted by molar-refractivity contribution is -0.141. The molecule has 4 fully saturated rings. The number of ketones is 1. The summed E-state index contributed by atoms with van der Waals surface area (Å²) in [5.41, 5.74) is 0.598. The number of rotatable bonds is 0. The zero-order chi connectivity index (χ0) is 14.8. The number of hydrogen-bond acceptors (Lipinski definition) is 2. The van der Waals surface area contributed by atoms with Crippen LogP contribution in [0.5, 0.6) is 0 Å². The number of hydrogen-bond donors (Lipinski definition) is 1. The molecule has 3 unspecified atom stereocenters. The minimum atomic E-state index is -0.0677. The Hall–Kier alpha value is -0.370. The summed E-state index contributed by atoms with van der Waals surface area (Å²) in [6, 6.07) is 0. The van der Waals surface area contributed by atoms with Crippen LogP contribution in [0.4, 0.5) is 0 Å². The molecule has 0 aromatic rings. The highest BCUT2D eigenvalue weighted by atomic mass is 16.3. The first kappa shape index (κ1) is 14.2.